The number of hydrogen-bond donors (Lipinski definition) is 1. The largest absolute Gasteiger partial charge is 0.455 e. The van der Waals surface area contributed by atoms with E-state index in [1.54, 1.807) is 23.1 Å². The first-order chi connectivity index (χ1) is 13.8. The molecule has 2 atom stereocenters. The molecule has 0 radical (unpaired) electrons. The number of carbonyl (C=O) groups excluding carboxylic acids is 3. The second-order valence-corrected chi connectivity index (χ2v) is 7.63. The SMILES string of the molecule is Cc1ccc(N2C[C@@H](C(=O)OCC(=O)N[C@H](C)c3cccc(Cl)c3)CC2=O)cc1. The third-order valence-electron chi connectivity index (χ3n) is 4.88. The summed E-state index contributed by atoms with van der Waals surface area (Å²) in [4.78, 5) is 38.3. The highest BCUT2D eigenvalue weighted by molar-refractivity contribution is 6.30. The van der Waals surface area contributed by atoms with Crippen LogP contribution in [0.1, 0.15) is 30.5 Å². The topological polar surface area (TPSA) is 75.7 Å². The second kappa shape index (κ2) is 9.09. The van der Waals surface area contributed by atoms with Crippen molar-refractivity contribution in [2.75, 3.05) is 18.1 Å². The van der Waals surface area contributed by atoms with E-state index >= 15 is 0 Å². The van der Waals surface area contributed by atoms with Crippen molar-refractivity contribution in [1.82, 2.24) is 5.32 Å². The van der Waals surface area contributed by atoms with Crippen LogP contribution in [0.5, 0.6) is 0 Å². The van der Waals surface area contributed by atoms with Gasteiger partial charge in [0.1, 0.15) is 0 Å². The van der Waals surface area contributed by atoms with Crippen molar-refractivity contribution in [2.24, 2.45) is 5.92 Å². The van der Waals surface area contributed by atoms with E-state index in [0.29, 0.717) is 5.02 Å². The Labute approximate surface area is 174 Å². The van der Waals surface area contributed by atoms with Gasteiger partial charge in [0, 0.05) is 23.7 Å². The van der Waals surface area contributed by atoms with E-state index in [0.717, 1.165) is 16.8 Å². The van der Waals surface area contributed by atoms with Gasteiger partial charge in [-0.15, -0.1) is 0 Å². The minimum Gasteiger partial charge on any atom is -0.455 e. The Morgan fingerprint density at radius 3 is 2.66 bits per heavy atom. The molecule has 0 aliphatic carbocycles. The molecule has 6 nitrogen and oxygen atoms in total. The van der Waals surface area contributed by atoms with Crippen LogP contribution in [0.4, 0.5) is 5.69 Å². The number of esters is 1. The lowest BCUT2D eigenvalue weighted by Crippen LogP contribution is -2.32. The number of carbonyl (C=O) groups is 3. The third kappa shape index (κ3) is 5.35. The summed E-state index contributed by atoms with van der Waals surface area (Å²) in [7, 11) is 0. The Kier molecular flexibility index (Phi) is 6.54. The molecule has 29 heavy (non-hydrogen) atoms. The molecule has 3 rings (SSSR count). The van der Waals surface area contributed by atoms with Gasteiger partial charge in [-0.2, -0.15) is 0 Å². The van der Waals surface area contributed by atoms with Crippen LogP contribution in [0, 0.1) is 12.8 Å². The molecule has 2 aromatic rings. The normalized spacial score (nSPS) is 17.1. The van der Waals surface area contributed by atoms with Gasteiger partial charge < -0.3 is 15.0 Å². The van der Waals surface area contributed by atoms with Crippen molar-refractivity contribution < 1.29 is 19.1 Å². The Morgan fingerprint density at radius 2 is 1.97 bits per heavy atom. The van der Waals surface area contributed by atoms with Crippen molar-refractivity contribution in [3.63, 3.8) is 0 Å². The quantitative estimate of drug-likeness (QED) is 0.735. The van der Waals surface area contributed by atoms with Gasteiger partial charge in [0.25, 0.3) is 5.91 Å². The lowest BCUT2D eigenvalue weighted by atomic mass is 10.1. The van der Waals surface area contributed by atoms with E-state index in [9.17, 15) is 14.4 Å². The summed E-state index contributed by atoms with van der Waals surface area (Å²) in [6.07, 6.45) is 0.0766. The van der Waals surface area contributed by atoms with E-state index < -0.39 is 17.8 Å². The van der Waals surface area contributed by atoms with Gasteiger partial charge >= 0.3 is 5.97 Å². The van der Waals surface area contributed by atoms with Crippen LogP contribution >= 0.6 is 11.6 Å². The summed E-state index contributed by atoms with van der Waals surface area (Å²) in [6, 6.07) is 14.4. The monoisotopic (exact) mass is 414 g/mol. The lowest BCUT2D eigenvalue weighted by Gasteiger charge is -2.17. The summed E-state index contributed by atoms with van der Waals surface area (Å²) >= 11 is 5.96. The van der Waals surface area contributed by atoms with E-state index in [4.69, 9.17) is 16.3 Å². The highest BCUT2D eigenvalue weighted by atomic mass is 35.5. The van der Waals surface area contributed by atoms with Gasteiger partial charge in [0.05, 0.1) is 12.0 Å². The van der Waals surface area contributed by atoms with Gasteiger partial charge in [-0.1, -0.05) is 41.4 Å². The van der Waals surface area contributed by atoms with Crippen molar-refractivity contribution >= 4 is 35.1 Å². The summed E-state index contributed by atoms with van der Waals surface area (Å²) in [5.74, 6) is -1.67. The van der Waals surface area contributed by atoms with E-state index in [1.807, 2.05) is 44.2 Å². The van der Waals surface area contributed by atoms with Crippen LogP contribution in [-0.2, 0) is 19.1 Å². The number of benzene rings is 2. The molecular weight excluding hydrogens is 392 g/mol. The third-order valence-corrected chi connectivity index (χ3v) is 5.11. The van der Waals surface area contributed by atoms with Gasteiger partial charge in [0.15, 0.2) is 6.61 Å². The van der Waals surface area contributed by atoms with Crippen molar-refractivity contribution in [2.45, 2.75) is 26.3 Å². The maximum Gasteiger partial charge on any atom is 0.311 e. The van der Waals surface area contributed by atoms with E-state index in [-0.39, 0.29) is 31.5 Å². The fourth-order valence-electron chi connectivity index (χ4n) is 3.24. The van der Waals surface area contributed by atoms with Crippen molar-refractivity contribution in [3.8, 4) is 0 Å². The number of nitrogens with one attached hydrogen (secondary N) is 1. The Morgan fingerprint density at radius 1 is 1.24 bits per heavy atom. The lowest BCUT2D eigenvalue weighted by molar-refractivity contribution is -0.152. The molecule has 1 aliphatic heterocycles. The molecule has 1 aliphatic rings. The minimum atomic E-state index is -0.582. The number of rotatable bonds is 6. The summed E-state index contributed by atoms with van der Waals surface area (Å²) in [6.45, 7) is 3.65. The van der Waals surface area contributed by atoms with Crippen molar-refractivity contribution in [1.29, 1.82) is 0 Å². The number of hydrogen-bond acceptors (Lipinski definition) is 4. The molecule has 1 heterocycles. The molecule has 2 aromatic carbocycles. The Hall–Kier alpha value is -2.86. The molecule has 1 fully saturated rings. The van der Waals surface area contributed by atoms with E-state index in [1.165, 1.54) is 0 Å². The summed E-state index contributed by atoms with van der Waals surface area (Å²) in [5.41, 5.74) is 2.70. The standard InChI is InChI=1S/C22H23ClN2O4/c1-14-6-8-19(9-7-14)25-12-17(11-21(25)27)22(28)29-13-20(26)24-15(2)16-4-3-5-18(23)10-16/h3-10,15,17H,11-13H2,1-2H3,(H,24,26)/t15-,17+/m1/s1. The first-order valence-corrected chi connectivity index (χ1v) is 9.80. The van der Waals surface area contributed by atoms with Gasteiger partial charge in [-0.25, -0.2) is 0 Å². The summed E-state index contributed by atoms with van der Waals surface area (Å²) in [5, 5.41) is 3.35. The van der Waals surface area contributed by atoms with Crippen LogP contribution in [0.2, 0.25) is 5.02 Å². The predicted molar refractivity (Wildman–Crippen MR) is 111 cm³/mol. The molecule has 0 aromatic heterocycles. The molecule has 1 N–H and O–H groups in total. The zero-order valence-electron chi connectivity index (χ0n) is 16.4. The Bertz CT molecular complexity index is 913. The highest BCUT2D eigenvalue weighted by Crippen LogP contribution is 2.26. The molecule has 2 amide bonds. The fourth-order valence-corrected chi connectivity index (χ4v) is 3.44. The van der Waals surface area contributed by atoms with Crippen LogP contribution in [-0.4, -0.2) is 30.9 Å². The van der Waals surface area contributed by atoms with Gasteiger partial charge in [-0.3, -0.25) is 14.4 Å². The van der Waals surface area contributed by atoms with E-state index in [2.05, 4.69) is 5.32 Å². The van der Waals surface area contributed by atoms with Gasteiger partial charge in [-0.05, 0) is 43.7 Å². The molecule has 0 spiro atoms. The predicted octanol–water partition coefficient (Wildman–Crippen LogP) is 3.42. The molecule has 0 saturated carbocycles. The number of aryl methyl sites for hydroxylation is 1. The highest BCUT2D eigenvalue weighted by Gasteiger charge is 2.36. The average molecular weight is 415 g/mol. The minimum absolute atomic E-state index is 0.0766. The van der Waals surface area contributed by atoms with Crippen LogP contribution in [0.15, 0.2) is 48.5 Å². The van der Waals surface area contributed by atoms with Crippen LogP contribution in [0.25, 0.3) is 0 Å². The number of ether oxygens (including phenoxy) is 1. The first-order valence-electron chi connectivity index (χ1n) is 9.42. The molecule has 152 valence electrons. The molecule has 1 saturated heterocycles. The average Bonchev–Trinajstić information content (AvgIpc) is 3.08. The number of halogens is 1. The fraction of sp³-hybridized carbons (Fsp3) is 0.318. The zero-order chi connectivity index (χ0) is 21.0. The number of nitrogens with zero attached hydrogens (tertiary/aromatic N) is 1. The number of anilines is 1. The first kappa shape index (κ1) is 20.9. The zero-order valence-corrected chi connectivity index (χ0v) is 17.1. The smallest absolute Gasteiger partial charge is 0.311 e. The van der Waals surface area contributed by atoms with Crippen LogP contribution < -0.4 is 10.2 Å². The maximum atomic E-state index is 12.3. The van der Waals surface area contributed by atoms with Crippen LogP contribution in [0.3, 0.4) is 0 Å². The molecule has 7 heteroatoms. The molecule has 0 bridgehead atoms. The van der Waals surface area contributed by atoms with Gasteiger partial charge in [0.2, 0.25) is 5.91 Å². The Balaban J connectivity index is 1.49. The summed E-state index contributed by atoms with van der Waals surface area (Å²) < 4.78 is 5.14. The second-order valence-electron chi connectivity index (χ2n) is 7.19. The van der Waals surface area contributed by atoms with Crippen molar-refractivity contribution in [3.05, 3.63) is 64.7 Å². The molecule has 0 unspecified atom stereocenters. The number of amides is 2. The molecular formula is C22H23ClN2O4. The maximum absolute atomic E-state index is 12.3.